The Morgan fingerprint density at radius 3 is 2.69 bits per heavy atom. The van der Waals surface area contributed by atoms with Gasteiger partial charge < -0.3 is 15.0 Å². The highest BCUT2D eigenvalue weighted by molar-refractivity contribution is 6.31. The van der Waals surface area contributed by atoms with Gasteiger partial charge in [-0.3, -0.25) is 4.79 Å². The number of benzene rings is 3. The molecule has 0 aliphatic heterocycles. The van der Waals surface area contributed by atoms with Crippen LogP contribution in [0.4, 0.5) is 5.69 Å². The number of methoxy groups -OCH3 is 1. The number of halogens is 1. The fraction of sp³-hybridized carbons (Fsp3) is 0.190. The molecular weight excluding hydrogens is 348 g/mol. The van der Waals surface area contributed by atoms with E-state index in [1.165, 1.54) is 16.3 Å². The van der Waals surface area contributed by atoms with Gasteiger partial charge in [-0.05, 0) is 29.0 Å². The number of nitrogens with one attached hydrogen (secondary N) is 2. The van der Waals surface area contributed by atoms with Gasteiger partial charge in [-0.15, -0.1) is 0 Å². The standard InChI is InChI=1S/C21H21ClN2O2/c1-24(13-16-8-5-7-15-6-3-4-9-18(15)16)14-21(25)23-19-12-17(22)10-11-20(19)26-2/h3-12H,13-14H2,1-2H3,(H,23,25)/p+1. The number of rotatable bonds is 6. The number of ether oxygens (including phenoxy) is 1. The number of amides is 1. The molecule has 0 bridgehead atoms. The van der Waals surface area contributed by atoms with Gasteiger partial charge in [0.2, 0.25) is 0 Å². The van der Waals surface area contributed by atoms with Crippen molar-refractivity contribution >= 4 is 34.0 Å². The zero-order valence-corrected chi connectivity index (χ0v) is 15.6. The van der Waals surface area contributed by atoms with Crippen LogP contribution in [0.5, 0.6) is 5.75 Å². The number of hydrogen-bond acceptors (Lipinski definition) is 2. The molecule has 5 heteroatoms. The van der Waals surface area contributed by atoms with Gasteiger partial charge in [0.15, 0.2) is 6.54 Å². The first-order valence-corrected chi connectivity index (χ1v) is 8.86. The van der Waals surface area contributed by atoms with Crippen molar-refractivity contribution in [3.8, 4) is 5.75 Å². The average Bonchev–Trinajstić information content (AvgIpc) is 2.62. The second-order valence-corrected chi connectivity index (χ2v) is 6.78. The lowest BCUT2D eigenvalue weighted by atomic mass is 10.0. The fourth-order valence-corrected chi connectivity index (χ4v) is 3.25. The van der Waals surface area contributed by atoms with Crippen LogP contribution in [0.1, 0.15) is 5.56 Å². The molecule has 0 heterocycles. The van der Waals surface area contributed by atoms with E-state index in [4.69, 9.17) is 16.3 Å². The maximum absolute atomic E-state index is 12.4. The van der Waals surface area contributed by atoms with Gasteiger partial charge in [-0.25, -0.2) is 0 Å². The Kier molecular flexibility index (Phi) is 5.76. The molecule has 134 valence electrons. The van der Waals surface area contributed by atoms with E-state index in [0.29, 0.717) is 23.0 Å². The first-order chi connectivity index (χ1) is 12.6. The summed E-state index contributed by atoms with van der Waals surface area (Å²) in [6.07, 6.45) is 0. The number of likely N-dealkylation sites (N-methyl/N-ethyl adjacent to an activating group) is 1. The molecule has 3 aromatic carbocycles. The molecular formula is C21H22ClN2O2+. The zero-order valence-electron chi connectivity index (χ0n) is 14.9. The Balaban J connectivity index is 1.67. The van der Waals surface area contributed by atoms with Crippen LogP contribution in [0, 0.1) is 0 Å². The van der Waals surface area contributed by atoms with Crippen molar-refractivity contribution in [3.63, 3.8) is 0 Å². The number of quaternary nitrogens is 1. The van der Waals surface area contributed by atoms with Crippen molar-refractivity contribution in [1.29, 1.82) is 0 Å². The summed E-state index contributed by atoms with van der Waals surface area (Å²) >= 11 is 6.01. The van der Waals surface area contributed by atoms with E-state index in [-0.39, 0.29) is 5.91 Å². The molecule has 0 saturated heterocycles. The number of hydrogen-bond donors (Lipinski definition) is 2. The smallest absolute Gasteiger partial charge is 0.279 e. The first-order valence-electron chi connectivity index (χ1n) is 8.48. The molecule has 4 nitrogen and oxygen atoms in total. The Morgan fingerprint density at radius 1 is 1.12 bits per heavy atom. The summed E-state index contributed by atoms with van der Waals surface area (Å²) in [5.41, 5.74) is 1.82. The van der Waals surface area contributed by atoms with E-state index < -0.39 is 0 Å². The quantitative estimate of drug-likeness (QED) is 0.701. The molecule has 3 rings (SSSR count). The highest BCUT2D eigenvalue weighted by atomic mass is 35.5. The minimum absolute atomic E-state index is 0.0803. The molecule has 0 radical (unpaired) electrons. The van der Waals surface area contributed by atoms with Crippen molar-refractivity contribution < 1.29 is 14.4 Å². The zero-order chi connectivity index (χ0) is 18.5. The number of anilines is 1. The Hall–Kier alpha value is -2.56. The summed E-state index contributed by atoms with van der Waals surface area (Å²) in [6, 6.07) is 19.7. The molecule has 0 saturated carbocycles. The molecule has 0 aromatic heterocycles. The second-order valence-electron chi connectivity index (χ2n) is 6.34. The molecule has 2 N–H and O–H groups in total. The van der Waals surface area contributed by atoms with Gasteiger partial charge in [0, 0.05) is 10.6 Å². The van der Waals surface area contributed by atoms with E-state index in [9.17, 15) is 4.79 Å². The Labute approximate surface area is 158 Å². The van der Waals surface area contributed by atoms with Crippen molar-refractivity contribution in [3.05, 3.63) is 71.2 Å². The van der Waals surface area contributed by atoms with E-state index in [1.54, 1.807) is 25.3 Å². The van der Waals surface area contributed by atoms with Crippen LogP contribution in [-0.4, -0.2) is 26.6 Å². The number of fused-ring (bicyclic) bond motifs is 1. The SMILES string of the molecule is COc1ccc(Cl)cc1NC(=O)C[NH+](C)Cc1cccc2ccccc12. The molecule has 0 aliphatic rings. The van der Waals surface area contributed by atoms with Crippen LogP contribution in [0.3, 0.4) is 0 Å². The summed E-state index contributed by atoms with van der Waals surface area (Å²) < 4.78 is 5.27. The fourth-order valence-electron chi connectivity index (χ4n) is 3.08. The van der Waals surface area contributed by atoms with Gasteiger partial charge >= 0.3 is 0 Å². The summed E-state index contributed by atoms with van der Waals surface area (Å²) in [5.74, 6) is 0.512. The van der Waals surface area contributed by atoms with Crippen LogP contribution in [0.15, 0.2) is 60.7 Å². The van der Waals surface area contributed by atoms with E-state index in [2.05, 4.69) is 35.6 Å². The molecule has 1 amide bonds. The molecule has 1 atom stereocenters. The summed E-state index contributed by atoms with van der Waals surface area (Å²) in [4.78, 5) is 13.5. The summed E-state index contributed by atoms with van der Waals surface area (Å²) in [7, 11) is 3.58. The lowest BCUT2D eigenvalue weighted by Gasteiger charge is -2.16. The van der Waals surface area contributed by atoms with Crippen LogP contribution in [0.2, 0.25) is 5.02 Å². The first kappa shape index (κ1) is 18.2. The minimum atomic E-state index is -0.0803. The molecule has 0 fully saturated rings. The lowest BCUT2D eigenvalue weighted by Crippen LogP contribution is -3.08. The predicted molar refractivity (Wildman–Crippen MR) is 106 cm³/mol. The largest absolute Gasteiger partial charge is 0.495 e. The van der Waals surface area contributed by atoms with Gasteiger partial charge in [0.1, 0.15) is 12.3 Å². The molecule has 3 aromatic rings. The topological polar surface area (TPSA) is 42.8 Å². The van der Waals surface area contributed by atoms with E-state index in [1.807, 2.05) is 19.2 Å². The Bertz CT molecular complexity index is 922. The van der Waals surface area contributed by atoms with Crippen molar-refractivity contribution in [1.82, 2.24) is 0 Å². The summed E-state index contributed by atoms with van der Waals surface area (Å²) in [6.45, 7) is 1.11. The monoisotopic (exact) mass is 369 g/mol. The van der Waals surface area contributed by atoms with Crippen LogP contribution in [-0.2, 0) is 11.3 Å². The predicted octanol–water partition coefficient (Wildman–Crippen LogP) is 3.16. The lowest BCUT2D eigenvalue weighted by molar-refractivity contribution is -0.885. The van der Waals surface area contributed by atoms with Crippen molar-refractivity contribution in [2.75, 3.05) is 26.0 Å². The molecule has 26 heavy (non-hydrogen) atoms. The highest BCUT2D eigenvalue weighted by Gasteiger charge is 2.14. The van der Waals surface area contributed by atoms with Crippen molar-refractivity contribution in [2.45, 2.75) is 6.54 Å². The van der Waals surface area contributed by atoms with Gasteiger partial charge in [0.05, 0.1) is 19.8 Å². The van der Waals surface area contributed by atoms with Gasteiger partial charge in [-0.1, -0.05) is 54.1 Å². The number of carbonyl (C=O) groups is 1. The Morgan fingerprint density at radius 2 is 1.88 bits per heavy atom. The molecule has 0 spiro atoms. The van der Waals surface area contributed by atoms with Crippen LogP contribution >= 0.6 is 11.6 Å². The average molecular weight is 370 g/mol. The maximum atomic E-state index is 12.4. The second kappa shape index (κ2) is 8.21. The third-order valence-corrected chi connectivity index (χ3v) is 4.51. The number of carbonyl (C=O) groups excluding carboxylic acids is 1. The third-order valence-electron chi connectivity index (χ3n) is 4.27. The van der Waals surface area contributed by atoms with Crippen LogP contribution in [0.25, 0.3) is 10.8 Å². The van der Waals surface area contributed by atoms with E-state index >= 15 is 0 Å². The van der Waals surface area contributed by atoms with Gasteiger partial charge in [0.25, 0.3) is 5.91 Å². The molecule has 0 aliphatic carbocycles. The van der Waals surface area contributed by atoms with Gasteiger partial charge in [-0.2, -0.15) is 0 Å². The third kappa shape index (κ3) is 4.34. The van der Waals surface area contributed by atoms with Crippen molar-refractivity contribution in [2.24, 2.45) is 0 Å². The summed E-state index contributed by atoms with van der Waals surface area (Å²) in [5, 5.41) is 5.88. The van der Waals surface area contributed by atoms with Crippen LogP contribution < -0.4 is 15.0 Å². The minimum Gasteiger partial charge on any atom is -0.495 e. The maximum Gasteiger partial charge on any atom is 0.279 e. The normalized spacial score (nSPS) is 12.0. The van der Waals surface area contributed by atoms with E-state index in [0.717, 1.165) is 11.4 Å². The molecule has 1 unspecified atom stereocenters. The highest BCUT2D eigenvalue weighted by Crippen LogP contribution is 2.27.